The van der Waals surface area contributed by atoms with Crippen LogP contribution in [0.3, 0.4) is 0 Å². The van der Waals surface area contributed by atoms with E-state index >= 15 is 0 Å². The van der Waals surface area contributed by atoms with E-state index in [1.165, 1.54) is 0 Å². The van der Waals surface area contributed by atoms with E-state index < -0.39 is 23.1 Å². The number of carbonyl (C=O) groups excluding carboxylic acids is 2. The van der Waals surface area contributed by atoms with Gasteiger partial charge >= 0.3 is 5.97 Å². The van der Waals surface area contributed by atoms with Crippen molar-refractivity contribution in [3.63, 3.8) is 0 Å². The van der Waals surface area contributed by atoms with Crippen molar-refractivity contribution in [2.45, 2.75) is 12.8 Å². The molecule has 1 saturated heterocycles. The SMILES string of the molecule is NC(=O)C1CC[NH2+]CC1.O=C([O-])c1cc(Cl)c(Cl)cc1C(=O)O. The number of carboxylic acids is 2. The first-order valence-corrected chi connectivity index (χ1v) is 7.54. The van der Waals surface area contributed by atoms with Crippen molar-refractivity contribution in [2.24, 2.45) is 11.7 Å². The van der Waals surface area contributed by atoms with Crippen LogP contribution in [0.4, 0.5) is 0 Å². The topological polar surface area (TPSA) is 137 Å². The van der Waals surface area contributed by atoms with E-state index in [0.717, 1.165) is 38.1 Å². The summed E-state index contributed by atoms with van der Waals surface area (Å²) < 4.78 is 0. The molecular formula is C14H16Cl2N2O5. The van der Waals surface area contributed by atoms with E-state index in [1.54, 1.807) is 0 Å². The molecule has 1 aliphatic heterocycles. The fraction of sp³-hybridized carbons (Fsp3) is 0.357. The van der Waals surface area contributed by atoms with E-state index in [9.17, 15) is 19.5 Å². The van der Waals surface area contributed by atoms with E-state index in [1.807, 2.05) is 0 Å². The van der Waals surface area contributed by atoms with Crippen LogP contribution < -0.4 is 16.2 Å². The zero-order chi connectivity index (χ0) is 17.6. The standard InChI is InChI=1S/C8H4Cl2O4.C6H12N2O/c9-5-1-3(7(11)12)4(8(13)14)2-6(5)10;7-6(9)5-1-3-8-4-2-5/h1-2H,(H,11,12)(H,13,14);5,8H,1-4H2,(H2,7,9). The normalized spacial score (nSPS) is 14.5. The van der Waals surface area contributed by atoms with E-state index in [-0.39, 0.29) is 21.9 Å². The maximum Gasteiger partial charge on any atom is 0.336 e. The minimum atomic E-state index is -1.61. The second-order valence-electron chi connectivity index (χ2n) is 4.95. The van der Waals surface area contributed by atoms with Crippen molar-refractivity contribution in [1.82, 2.24) is 0 Å². The molecule has 1 heterocycles. The Balaban J connectivity index is 0.000000253. The van der Waals surface area contributed by atoms with Crippen LogP contribution in [0.25, 0.3) is 0 Å². The van der Waals surface area contributed by atoms with Crippen molar-refractivity contribution in [2.75, 3.05) is 13.1 Å². The Morgan fingerprint density at radius 1 is 1.13 bits per heavy atom. The van der Waals surface area contributed by atoms with E-state index in [4.69, 9.17) is 34.0 Å². The molecule has 1 aromatic carbocycles. The number of piperidine rings is 1. The zero-order valence-corrected chi connectivity index (χ0v) is 13.6. The molecule has 0 radical (unpaired) electrons. The molecule has 1 amide bonds. The van der Waals surface area contributed by atoms with Crippen molar-refractivity contribution >= 4 is 41.0 Å². The molecule has 0 atom stereocenters. The van der Waals surface area contributed by atoms with Gasteiger partial charge in [-0.15, -0.1) is 0 Å². The predicted molar refractivity (Wildman–Crippen MR) is 81.3 cm³/mol. The fourth-order valence-electron chi connectivity index (χ4n) is 2.10. The number of hydrogen-bond donors (Lipinski definition) is 3. The van der Waals surface area contributed by atoms with Crippen molar-refractivity contribution < 1.29 is 29.9 Å². The molecule has 5 N–H and O–H groups in total. The molecule has 0 spiro atoms. The number of halogens is 2. The lowest BCUT2D eigenvalue weighted by Gasteiger charge is -2.16. The van der Waals surface area contributed by atoms with Gasteiger partial charge in [0.1, 0.15) is 0 Å². The molecule has 0 saturated carbocycles. The molecule has 0 aromatic heterocycles. The van der Waals surface area contributed by atoms with Gasteiger partial charge in [0, 0.05) is 24.3 Å². The molecule has 1 fully saturated rings. The van der Waals surface area contributed by atoms with Gasteiger partial charge in [0.05, 0.1) is 34.7 Å². The number of nitrogens with two attached hydrogens (primary N) is 2. The van der Waals surface area contributed by atoms with Gasteiger partial charge in [-0.25, -0.2) is 4.79 Å². The van der Waals surface area contributed by atoms with Crippen molar-refractivity contribution in [3.8, 4) is 0 Å². The van der Waals surface area contributed by atoms with Crippen LogP contribution in [0.1, 0.15) is 33.6 Å². The summed E-state index contributed by atoms with van der Waals surface area (Å²) >= 11 is 11.0. The highest BCUT2D eigenvalue weighted by Crippen LogP contribution is 2.25. The first kappa shape index (κ1) is 19.2. The number of primary amides is 1. The van der Waals surface area contributed by atoms with Gasteiger partial charge in [0.15, 0.2) is 0 Å². The summed E-state index contributed by atoms with van der Waals surface area (Å²) in [6, 6.07) is 1.92. The highest BCUT2D eigenvalue weighted by Gasteiger charge is 2.19. The average molecular weight is 363 g/mol. The first-order valence-electron chi connectivity index (χ1n) is 6.78. The molecule has 1 aromatic rings. The monoisotopic (exact) mass is 362 g/mol. The van der Waals surface area contributed by atoms with Gasteiger partial charge in [0.2, 0.25) is 5.91 Å². The molecule has 126 valence electrons. The van der Waals surface area contributed by atoms with Gasteiger partial charge in [-0.1, -0.05) is 23.2 Å². The number of benzene rings is 1. The Bertz CT molecular complexity index is 576. The number of carboxylic acid groups (broad SMARTS) is 2. The molecule has 0 unspecified atom stereocenters. The van der Waals surface area contributed by atoms with Crippen LogP contribution in [-0.4, -0.2) is 36.0 Å². The lowest BCUT2D eigenvalue weighted by Crippen LogP contribution is -2.86. The smallest absolute Gasteiger partial charge is 0.336 e. The van der Waals surface area contributed by atoms with Crippen LogP contribution in [0.2, 0.25) is 10.0 Å². The minimum Gasteiger partial charge on any atom is -0.545 e. The molecule has 0 bridgehead atoms. The largest absolute Gasteiger partial charge is 0.545 e. The number of amides is 1. The number of rotatable bonds is 3. The third-order valence-corrected chi connectivity index (χ3v) is 4.07. The third-order valence-electron chi connectivity index (χ3n) is 3.35. The third kappa shape index (κ3) is 5.70. The van der Waals surface area contributed by atoms with Gasteiger partial charge in [0.25, 0.3) is 0 Å². The maximum atomic E-state index is 10.6. The maximum absolute atomic E-state index is 10.6. The lowest BCUT2D eigenvalue weighted by atomic mass is 9.98. The molecule has 23 heavy (non-hydrogen) atoms. The quantitative estimate of drug-likeness (QED) is 0.665. The van der Waals surface area contributed by atoms with Gasteiger partial charge in [-0.3, -0.25) is 4.79 Å². The van der Waals surface area contributed by atoms with Crippen LogP contribution in [0, 0.1) is 5.92 Å². The number of carbonyl (C=O) groups is 3. The lowest BCUT2D eigenvalue weighted by molar-refractivity contribution is -0.663. The summed E-state index contributed by atoms with van der Waals surface area (Å²) in [5, 5.41) is 21.3. The van der Waals surface area contributed by atoms with Crippen molar-refractivity contribution in [1.29, 1.82) is 0 Å². The summed E-state index contributed by atoms with van der Waals surface area (Å²) in [5.74, 6) is -2.97. The highest BCUT2D eigenvalue weighted by molar-refractivity contribution is 6.42. The second kappa shape index (κ2) is 8.71. The molecule has 1 aliphatic rings. The highest BCUT2D eigenvalue weighted by atomic mass is 35.5. The van der Waals surface area contributed by atoms with Crippen LogP contribution in [0.5, 0.6) is 0 Å². The molecule has 2 rings (SSSR count). The molecule has 7 nitrogen and oxygen atoms in total. The summed E-state index contributed by atoms with van der Waals surface area (Å²) in [6.45, 7) is 2.13. The second-order valence-corrected chi connectivity index (χ2v) is 5.76. The van der Waals surface area contributed by atoms with E-state index in [0.29, 0.717) is 0 Å². The fourth-order valence-corrected chi connectivity index (χ4v) is 2.43. The molecular weight excluding hydrogens is 347 g/mol. The Morgan fingerprint density at radius 3 is 1.96 bits per heavy atom. The van der Waals surface area contributed by atoms with Gasteiger partial charge in [-0.05, 0) is 12.1 Å². The molecule has 0 aliphatic carbocycles. The first-order chi connectivity index (χ1) is 10.7. The number of aromatic carboxylic acids is 2. The zero-order valence-electron chi connectivity index (χ0n) is 12.1. The Kier molecular flexibility index (Phi) is 7.28. The Hall–Kier alpha value is -1.83. The Morgan fingerprint density at radius 2 is 1.61 bits per heavy atom. The summed E-state index contributed by atoms with van der Waals surface area (Å²) in [7, 11) is 0. The van der Waals surface area contributed by atoms with E-state index in [2.05, 4.69) is 5.32 Å². The van der Waals surface area contributed by atoms with Crippen LogP contribution >= 0.6 is 23.2 Å². The van der Waals surface area contributed by atoms with Crippen LogP contribution in [-0.2, 0) is 4.79 Å². The van der Waals surface area contributed by atoms with Crippen LogP contribution in [0.15, 0.2) is 12.1 Å². The number of hydrogen-bond acceptors (Lipinski definition) is 4. The van der Waals surface area contributed by atoms with Gasteiger partial charge in [-0.2, -0.15) is 0 Å². The average Bonchev–Trinajstić information content (AvgIpc) is 2.50. The Labute approximate surface area is 142 Å². The summed E-state index contributed by atoms with van der Waals surface area (Å²) in [4.78, 5) is 31.7. The van der Waals surface area contributed by atoms with Gasteiger partial charge < -0.3 is 26.1 Å². The predicted octanol–water partition coefficient (Wildman–Crippen LogP) is -0.500. The molecule has 9 heteroatoms. The summed E-state index contributed by atoms with van der Waals surface area (Å²) in [6.07, 6.45) is 1.94. The minimum absolute atomic E-state index is 0.0194. The van der Waals surface area contributed by atoms with Crippen molar-refractivity contribution in [3.05, 3.63) is 33.3 Å². The number of quaternary nitrogens is 1. The summed E-state index contributed by atoms with van der Waals surface area (Å²) in [5.41, 5.74) is 4.18.